The van der Waals surface area contributed by atoms with Crippen LogP contribution in [0.2, 0.25) is 0 Å². The van der Waals surface area contributed by atoms with Gasteiger partial charge >= 0.3 is 0 Å². The van der Waals surface area contributed by atoms with Crippen molar-refractivity contribution in [3.05, 3.63) is 81.6 Å². The Morgan fingerprint density at radius 2 is 1.77 bits per heavy atom. The molecule has 31 heavy (non-hydrogen) atoms. The topological polar surface area (TPSA) is 133 Å². The van der Waals surface area contributed by atoms with E-state index < -0.39 is 17.4 Å². The monoisotopic (exact) mass is 413 g/mol. The molecule has 2 aromatic heterocycles. The lowest BCUT2D eigenvalue weighted by Crippen LogP contribution is -2.24. The summed E-state index contributed by atoms with van der Waals surface area (Å²) >= 11 is 0. The van der Waals surface area contributed by atoms with Crippen LogP contribution in [0, 0.1) is 6.92 Å². The second-order valence-electron chi connectivity index (χ2n) is 7.06. The average Bonchev–Trinajstić information content (AvgIpc) is 3.34. The number of pyridine rings is 1. The second-order valence-corrected chi connectivity index (χ2v) is 7.06. The Balaban J connectivity index is 1.60. The van der Waals surface area contributed by atoms with Gasteiger partial charge in [-0.1, -0.05) is 35.5 Å². The number of amides is 2. The van der Waals surface area contributed by atoms with Crippen LogP contribution in [0.5, 0.6) is 0 Å². The molecule has 0 saturated heterocycles. The standard InChI is InChI=1S/C22H15N5O4/c1-11-5-2-3-8-14(11)19-24-22(31-26-19)12-6-4-7-13(9-12)27-16(28)10-15-17(18(27)23)21(30)25-20(15)29/h2-10H,23H2,1H3,(H,25,29,30). The maximum absolute atomic E-state index is 12.7. The Bertz CT molecular complexity index is 1450. The van der Waals surface area contributed by atoms with Crippen molar-refractivity contribution in [3.8, 4) is 28.5 Å². The van der Waals surface area contributed by atoms with Crippen LogP contribution in [-0.4, -0.2) is 26.5 Å². The zero-order chi connectivity index (χ0) is 21.7. The molecule has 9 nitrogen and oxygen atoms in total. The van der Waals surface area contributed by atoms with E-state index in [2.05, 4.69) is 15.5 Å². The van der Waals surface area contributed by atoms with Crippen molar-refractivity contribution in [2.45, 2.75) is 6.92 Å². The molecule has 2 aromatic carbocycles. The summed E-state index contributed by atoms with van der Waals surface area (Å²) in [5.74, 6) is -0.681. The number of anilines is 1. The van der Waals surface area contributed by atoms with Gasteiger partial charge in [-0.15, -0.1) is 0 Å². The van der Waals surface area contributed by atoms with Crippen molar-refractivity contribution in [2.75, 3.05) is 5.73 Å². The van der Waals surface area contributed by atoms with Crippen LogP contribution >= 0.6 is 0 Å². The Labute approximate surface area is 175 Å². The first-order chi connectivity index (χ1) is 14.9. The lowest BCUT2D eigenvalue weighted by molar-refractivity contribution is 0.0880. The van der Waals surface area contributed by atoms with Crippen LogP contribution in [0.15, 0.2) is 63.9 Å². The fourth-order valence-electron chi connectivity index (χ4n) is 3.60. The number of fused-ring (bicyclic) bond motifs is 1. The van der Waals surface area contributed by atoms with E-state index in [9.17, 15) is 14.4 Å². The number of nitrogens with two attached hydrogens (primary N) is 1. The minimum atomic E-state index is -0.640. The third-order valence-corrected chi connectivity index (χ3v) is 5.12. The average molecular weight is 413 g/mol. The number of nitrogens with one attached hydrogen (secondary N) is 1. The molecule has 0 bridgehead atoms. The Morgan fingerprint density at radius 3 is 2.58 bits per heavy atom. The highest BCUT2D eigenvalue weighted by atomic mass is 16.5. The summed E-state index contributed by atoms with van der Waals surface area (Å²) in [7, 11) is 0. The predicted molar refractivity (Wildman–Crippen MR) is 112 cm³/mol. The van der Waals surface area contributed by atoms with Gasteiger partial charge in [0.25, 0.3) is 23.3 Å². The van der Waals surface area contributed by atoms with Crippen molar-refractivity contribution >= 4 is 17.6 Å². The largest absolute Gasteiger partial charge is 0.384 e. The SMILES string of the molecule is Cc1ccccc1-c1noc(-c2cccc(-n3c(N)c4c(cc3=O)C(=O)NC4=O)c2)n1. The molecule has 4 aromatic rings. The maximum Gasteiger partial charge on any atom is 0.262 e. The van der Waals surface area contributed by atoms with Gasteiger partial charge in [-0.25, -0.2) is 0 Å². The molecular formula is C22H15N5O4. The van der Waals surface area contributed by atoms with Gasteiger partial charge < -0.3 is 10.3 Å². The molecule has 0 unspecified atom stereocenters. The number of nitrogens with zero attached hydrogens (tertiary/aromatic N) is 3. The molecule has 1 aliphatic rings. The highest BCUT2D eigenvalue weighted by Crippen LogP contribution is 2.27. The smallest absolute Gasteiger partial charge is 0.262 e. The first kappa shape index (κ1) is 18.5. The molecule has 152 valence electrons. The van der Waals surface area contributed by atoms with Gasteiger partial charge in [0.1, 0.15) is 5.82 Å². The Morgan fingerprint density at radius 1 is 0.968 bits per heavy atom. The van der Waals surface area contributed by atoms with Crippen molar-refractivity contribution in [3.63, 3.8) is 0 Å². The first-order valence-electron chi connectivity index (χ1n) is 9.36. The number of rotatable bonds is 3. The number of hydrogen-bond acceptors (Lipinski definition) is 7. The van der Waals surface area contributed by atoms with Crippen molar-refractivity contribution in [1.29, 1.82) is 0 Å². The highest BCUT2D eigenvalue weighted by Gasteiger charge is 2.31. The molecule has 0 radical (unpaired) electrons. The van der Waals surface area contributed by atoms with Crippen molar-refractivity contribution in [2.24, 2.45) is 0 Å². The van der Waals surface area contributed by atoms with E-state index in [1.807, 2.05) is 31.2 Å². The number of benzene rings is 2. The van der Waals surface area contributed by atoms with Gasteiger partial charge in [0.15, 0.2) is 0 Å². The highest BCUT2D eigenvalue weighted by molar-refractivity contribution is 6.23. The second kappa shape index (κ2) is 6.77. The van der Waals surface area contributed by atoms with E-state index in [0.717, 1.165) is 17.2 Å². The van der Waals surface area contributed by atoms with Gasteiger partial charge in [-0.05, 0) is 30.7 Å². The van der Waals surface area contributed by atoms with E-state index in [1.165, 1.54) is 4.57 Å². The maximum atomic E-state index is 12.7. The van der Waals surface area contributed by atoms with E-state index >= 15 is 0 Å². The number of aromatic nitrogens is 3. The normalized spacial score (nSPS) is 12.7. The van der Waals surface area contributed by atoms with Crippen LogP contribution in [0.25, 0.3) is 28.5 Å². The number of imide groups is 1. The van der Waals surface area contributed by atoms with Crippen LogP contribution in [0.3, 0.4) is 0 Å². The number of carbonyl (C=O) groups excluding carboxylic acids is 2. The van der Waals surface area contributed by atoms with Crippen molar-refractivity contribution in [1.82, 2.24) is 20.0 Å². The molecule has 9 heteroatoms. The predicted octanol–water partition coefficient (Wildman–Crippen LogP) is 2.33. The Hall–Kier alpha value is -4.53. The lowest BCUT2D eigenvalue weighted by Gasteiger charge is -2.12. The Kier molecular flexibility index (Phi) is 4.04. The summed E-state index contributed by atoms with van der Waals surface area (Å²) in [5, 5.41) is 6.20. The third-order valence-electron chi connectivity index (χ3n) is 5.12. The lowest BCUT2D eigenvalue weighted by atomic mass is 10.1. The van der Waals surface area contributed by atoms with Gasteiger partial charge in [0, 0.05) is 17.2 Å². The summed E-state index contributed by atoms with van der Waals surface area (Å²) in [6, 6.07) is 15.5. The fourth-order valence-corrected chi connectivity index (χ4v) is 3.60. The van der Waals surface area contributed by atoms with E-state index in [4.69, 9.17) is 10.3 Å². The molecule has 0 saturated carbocycles. The van der Waals surface area contributed by atoms with E-state index in [1.54, 1.807) is 24.3 Å². The van der Waals surface area contributed by atoms with Crippen molar-refractivity contribution < 1.29 is 14.1 Å². The molecule has 0 aliphatic carbocycles. The summed E-state index contributed by atoms with van der Waals surface area (Å²) in [4.78, 5) is 41.1. The fraction of sp³-hybridized carbons (Fsp3) is 0.0455. The third kappa shape index (κ3) is 2.91. The molecule has 0 spiro atoms. The molecule has 1 aliphatic heterocycles. The molecule has 0 atom stereocenters. The number of aryl methyl sites for hydroxylation is 1. The van der Waals surface area contributed by atoms with Crippen LogP contribution in [0.4, 0.5) is 5.82 Å². The summed E-state index contributed by atoms with van der Waals surface area (Å²) in [6.07, 6.45) is 0. The zero-order valence-corrected chi connectivity index (χ0v) is 16.2. The summed E-state index contributed by atoms with van der Waals surface area (Å²) < 4.78 is 6.59. The summed E-state index contributed by atoms with van der Waals surface area (Å²) in [5.41, 5.74) is 8.34. The summed E-state index contributed by atoms with van der Waals surface area (Å²) in [6.45, 7) is 1.95. The van der Waals surface area contributed by atoms with Crippen LogP contribution < -0.4 is 16.6 Å². The zero-order valence-electron chi connectivity index (χ0n) is 16.2. The number of nitrogen functional groups attached to an aromatic ring is 1. The molecule has 3 heterocycles. The van der Waals surface area contributed by atoms with Crippen LogP contribution in [-0.2, 0) is 0 Å². The minimum absolute atomic E-state index is 0.0189. The molecular weight excluding hydrogens is 398 g/mol. The number of hydrogen-bond donors (Lipinski definition) is 2. The quantitative estimate of drug-likeness (QED) is 0.492. The van der Waals surface area contributed by atoms with Gasteiger partial charge in [0.05, 0.1) is 16.8 Å². The number of carbonyl (C=O) groups is 2. The van der Waals surface area contributed by atoms with E-state index in [0.29, 0.717) is 17.1 Å². The molecule has 2 amide bonds. The van der Waals surface area contributed by atoms with E-state index in [-0.39, 0.29) is 22.8 Å². The van der Waals surface area contributed by atoms with Gasteiger partial charge in [-0.2, -0.15) is 4.98 Å². The molecule has 0 fully saturated rings. The van der Waals surface area contributed by atoms with Gasteiger partial charge in [0.2, 0.25) is 5.82 Å². The first-order valence-corrected chi connectivity index (χ1v) is 9.36. The minimum Gasteiger partial charge on any atom is -0.384 e. The van der Waals surface area contributed by atoms with Gasteiger partial charge in [-0.3, -0.25) is 24.3 Å². The van der Waals surface area contributed by atoms with Crippen LogP contribution in [0.1, 0.15) is 26.3 Å². The molecule has 5 rings (SSSR count). The molecule has 3 N–H and O–H groups in total.